The van der Waals surface area contributed by atoms with Gasteiger partial charge in [-0.3, -0.25) is 14.5 Å². The number of halogens is 1. The zero-order valence-corrected chi connectivity index (χ0v) is 21.6. The molecule has 0 fully saturated rings. The predicted molar refractivity (Wildman–Crippen MR) is 145 cm³/mol. The van der Waals surface area contributed by atoms with Crippen LogP contribution in [-0.2, 0) is 4.79 Å². The molecule has 1 aliphatic rings. The van der Waals surface area contributed by atoms with Gasteiger partial charge in [-0.05, 0) is 61.9 Å². The van der Waals surface area contributed by atoms with Crippen molar-refractivity contribution in [2.75, 3.05) is 11.4 Å². The Hall–Kier alpha value is -4.37. The molecule has 1 N–H and O–H groups in total. The van der Waals surface area contributed by atoms with Crippen LogP contribution in [0.5, 0.6) is 0 Å². The van der Waals surface area contributed by atoms with Crippen LogP contribution >= 0.6 is 11.3 Å². The first-order valence-electron chi connectivity index (χ1n) is 12.3. The Labute approximate surface area is 222 Å². The number of hydrogen-bond donors (Lipinski definition) is 1. The number of fused-ring (bicyclic) bond motifs is 2. The maximum atomic E-state index is 14.1. The van der Waals surface area contributed by atoms with Crippen LogP contribution in [0.25, 0.3) is 15.9 Å². The van der Waals surface area contributed by atoms with Gasteiger partial charge in [0.15, 0.2) is 0 Å². The van der Waals surface area contributed by atoms with Gasteiger partial charge >= 0.3 is 0 Å². The number of hydrogen-bond acceptors (Lipinski definition) is 5. The molecule has 0 saturated carbocycles. The molecule has 0 aliphatic carbocycles. The molecular formula is C29H24FN5O2S. The Bertz CT molecular complexity index is 1660. The van der Waals surface area contributed by atoms with E-state index in [1.165, 1.54) is 23.5 Å². The van der Waals surface area contributed by atoms with Gasteiger partial charge in [0.25, 0.3) is 11.8 Å². The second-order valence-corrected chi connectivity index (χ2v) is 10.1. The van der Waals surface area contributed by atoms with E-state index in [9.17, 15) is 14.0 Å². The van der Waals surface area contributed by atoms with Crippen molar-refractivity contribution < 1.29 is 14.0 Å². The average molecular weight is 526 g/mol. The molecule has 0 radical (unpaired) electrons. The molecule has 9 heteroatoms. The second kappa shape index (κ2) is 9.50. The summed E-state index contributed by atoms with van der Waals surface area (Å²) in [6.07, 6.45) is 0. The van der Waals surface area contributed by atoms with E-state index in [4.69, 9.17) is 5.10 Å². The number of carbonyl (C=O) groups excluding carboxylic acids is 2. The molecule has 7 nitrogen and oxygen atoms in total. The SMILES string of the molecule is CCN1C(=O)[C@@H](NC(=O)c2ccc3ncsc3c2)[C@@H](c2ccc(F)cc2)c2c(C)nn(-c3ccccc3)c21. The first-order valence-corrected chi connectivity index (χ1v) is 13.2. The van der Waals surface area contributed by atoms with Crippen molar-refractivity contribution in [1.29, 1.82) is 0 Å². The number of carbonyl (C=O) groups is 2. The van der Waals surface area contributed by atoms with E-state index in [0.717, 1.165) is 32.7 Å². The smallest absolute Gasteiger partial charge is 0.252 e. The number of aryl methyl sites for hydroxylation is 1. The number of nitrogens with one attached hydrogen (secondary N) is 1. The van der Waals surface area contributed by atoms with E-state index in [-0.39, 0.29) is 17.6 Å². The molecule has 0 unspecified atom stereocenters. The summed E-state index contributed by atoms with van der Waals surface area (Å²) < 4.78 is 16.6. The minimum absolute atomic E-state index is 0.251. The molecule has 2 amide bonds. The van der Waals surface area contributed by atoms with Gasteiger partial charge < -0.3 is 5.32 Å². The third-order valence-electron chi connectivity index (χ3n) is 6.94. The Morgan fingerprint density at radius 2 is 1.84 bits per heavy atom. The summed E-state index contributed by atoms with van der Waals surface area (Å²) in [5, 5.41) is 7.83. The molecule has 6 rings (SSSR count). The maximum Gasteiger partial charge on any atom is 0.252 e. The lowest BCUT2D eigenvalue weighted by molar-refractivity contribution is -0.121. The quantitative estimate of drug-likeness (QED) is 0.341. The van der Waals surface area contributed by atoms with Crippen LogP contribution in [0.2, 0.25) is 0 Å². The molecule has 1 aliphatic heterocycles. The van der Waals surface area contributed by atoms with E-state index in [1.54, 1.807) is 45.4 Å². The van der Waals surface area contributed by atoms with Crippen molar-refractivity contribution in [3.63, 3.8) is 0 Å². The average Bonchev–Trinajstić information content (AvgIpc) is 3.54. The number of amides is 2. The van der Waals surface area contributed by atoms with E-state index in [0.29, 0.717) is 17.9 Å². The number of para-hydroxylation sites is 1. The zero-order valence-electron chi connectivity index (χ0n) is 20.8. The van der Waals surface area contributed by atoms with Gasteiger partial charge in [0.1, 0.15) is 17.7 Å². The van der Waals surface area contributed by atoms with Crippen LogP contribution in [0.15, 0.2) is 78.3 Å². The molecule has 190 valence electrons. The standard InChI is InChI=1S/C29H24FN5O2S/c1-3-34-28-24(17(2)33-35(28)21-7-5-4-6-8-21)25(18-9-12-20(30)13-10-18)26(29(34)37)32-27(36)19-11-14-22-23(15-19)38-16-31-22/h4-16,25-26H,3H2,1-2H3,(H,32,36)/t25-,26-/m0/s1. The minimum Gasteiger partial charge on any atom is -0.339 e. The van der Waals surface area contributed by atoms with Crippen LogP contribution in [-0.4, -0.2) is 39.2 Å². The number of thiazole rings is 1. The summed E-state index contributed by atoms with van der Waals surface area (Å²) in [4.78, 5) is 33.5. The number of rotatable bonds is 5. The molecule has 3 heterocycles. The van der Waals surface area contributed by atoms with E-state index >= 15 is 0 Å². The number of aromatic nitrogens is 3. The molecular weight excluding hydrogens is 501 g/mol. The van der Waals surface area contributed by atoms with Crippen molar-refractivity contribution in [3.05, 3.63) is 107 Å². The number of benzene rings is 3. The van der Waals surface area contributed by atoms with Crippen LogP contribution in [0.3, 0.4) is 0 Å². The highest BCUT2D eigenvalue weighted by molar-refractivity contribution is 7.16. The van der Waals surface area contributed by atoms with Gasteiger partial charge in [-0.2, -0.15) is 5.10 Å². The highest BCUT2D eigenvalue weighted by Gasteiger charge is 2.45. The first-order chi connectivity index (χ1) is 18.5. The first kappa shape index (κ1) is 24.0. The normalized spacial score (nSPS) is 17.0. The van der Waals surface area contributed by atoms with Gasteiger partial charge in [-0.1, -0.05) is 30.3 Å². The molecule has 2 aromatic heterocycles. The highest BCUT2D eigenvalue weighted by Crippen LogP contribution is 2.43. The highest BCUT2D eigenvalue weighted by atomic mass is 32.1. The molecule has 3 aromatic carbocycles. The summed E-state index contributed by atoms with van der Waals surface area (Å²) in [5.74, 6) is -0.889. The van der Waals surface area contributed by atoms with Crippen LogP contribution in [0, 0.1) is 12.7 Å². The van der Waals surface area contributed by atoms with Crippen molar-refractivity contribution in [3.8, 4) is 5.69 Å². The Kier molecular flexibility index (Phi) is 6.00. The van der Waals surface area contributed by atoms with Gasteiger partial charge in [-0.15, -0.1) is 11.3 Å². The van der Waals surface area contributed by atoms with Crippen molar-refractivity contribution in [2.24, 2.45) is 0 Å². The third kappa shape index (κ3) is 3.95. The molecule has 2 atom stereocenters. The molecule has 0 bridgehead atoms. The lowest BCUT2D eigenvalue weighted by Gasteiger charge is -2.38. The predicted octanol–water partition coefficient (Wildman–Crippen LogP) is 5.23. The lowest BCUT2D eigenvalue weighted by Crippen LogP contribution is -2.55. The van der Waals surface area contributed by atoms with Gasteiger partial charge in [0.05, 0.1) is 27.1 Å². The monoisotopic (exact) mass is 525 g/mol. The topological polar surface area (TPSA) is 80.1 Å². The third-order valence-corrected chi connectivity index (χ3v) is 7.73. The number of anilines is 1. The maximum absolute atomic E-state index is 14.1. The molecule has 38 heavy (non-hydrogen) atoms. The zero-order chi connectivity index (χ0) is 26.4. The Morgan fingerprint density at radius 3 is 2.58 bits per heavy atom. The second-order valence-electron chi connectivity index (χ2n) is 9.17. The summed E-state index contributed by atoms with van der Waals surface area (Å²) in [6.45, 7) is 4.18. The van der Waals surface area contributed by atoms with Crippen LogP contribution in [0.4, 0.5) is 10.2 Å². The molecule has 0 spiro atoms. The van der Waals surface area contributed by atoms with Gasteiger partial charge in [0.2, 0.25) is 0 Å². The number of nitrogens with zero attached hydrogens (tertiary/aromatic N) is 4. The largest absolute Gasteiger partial charge is 0.339 e. The molecule has 5 aromatic rings. The van der Waals surface area contributed by atoms with Crippen molar-refractivity contribution in [1.82, 2.24) is 20.1 Å². The van der Waals surface area contributed by atoms with Crippen LogP contribution < -0.4 is 10.2 Å². The summed E-state index contributed by atoms with van der Waals surface area (Å²) in [7, 11) is 0. The van der Waals surface area contributed by atoms with E-state index in [2.05, 4.69) is 10.3 Å². The summed E-state index contributed by atoms with van der Waals surface area (Å²) in [5.41, 5.74) is 6.08. The van der Waals surface area contributed by atoms with E-state index < -0.39 is 12.0 Å². The van der Waals surface area contributed by atoms with E-state index in [1.807, 2.05) is 44.2 Å². The summed E-state index contributed by atoms with van der Waals surface area (Å²) in [6, 6.07) is 20.1. The number of likely N-dealkylation sites (N-methyl/N-ethyl adjacent to an activating group) is 1. The van der Waals surface area contributed by atoms with Gasteiger partial charge in [-0.25, -0.2) is 14.1 Å². The molecule has 0 saturated heterocycles. The minimum atomic E-state index is -0.912. The van der Waals surface area contributed by atoms with Gasteiger partial charge in [0, 0.05) is 23.6 Å². The Balaban J connectivity index is 1.49. The summed E-state index contributed by atoms with van der Waals surface area (Å²) >= 11 is 1.45. The fourth-order valence-corrected chi connectivity index (χ4v) is 5.90. The van der Waals surface area contributed by atoms with Crippen molar-refractivity contribution >= 4 is 39.2 Å². The fraction of sp³-hybridized carbons (Fsp3) is 0.172. The van der Waals surface area contributed by atoms with Crippen molar-refractivity contribution in [2.45, 2.75) is 25.8 Å². The van der Waals surface area contributed by atoms with Crippen LogP contribution in [0.1, 0.15) is 40.0 Å². The fourth-order valence-electron chi connectivity index (χ4n) is 5.18. The Morgan fingerprint density at radius 1 is 1.08 bits per heavy atom. The lowest BCUT2D eigenvalue weighted by atomic mass is 9.81.